The number of nitrogens with zero attached hydrogens (tertiary/aromatic N) is 4. The first-order valence-corrected chi connectivity index (χ1v) is 21.2. The first-order chi connectivity index (χ1) is 24.0. The van der Waals surface area contributed by atoms with E-state index in [-0.39, 0.29) is 21.7 Å². The second-order valence-corrected chi connectivity index (χ2v) is 22.9. The van der Waals surface area contributed by atoms with E-state index in [9.17, 15) is 0 Å². The van der Waals surface area contributed by atoms with Gasteiger partial charge in [-0.25, -0.2) is 19.9 Å². The normalized spacial score (nSPS) is 13.2. The van der Waals surface area contributed by atoms with Gasteiger partial charge in [0.15, 0.2) is 0 Å². The molecular weight excluding hydrogens is 682 g/mol. The molecule has 0 radical (unpaired) electrons. The van der Waals surface area contributed by atoms with E-state index in [0.29, 0.717) is 38.1 Å². The van der Waals surface area contributed by atoms with Gasteiger partial charge in [0, 0.05) is 55.0 Å². The minimum absolute atomic E-state index is 0.301. The molecule has 0 unspecified atom stereocenters. The molecule has 0 saturated carbocycles. The van der Waals surface area contributed by atoms with Crippen molar-refractivity contribution in [1.29, 1.82) is 0 Å². The highest BCUT2D eigenvalue weighted by Crippen LogP contribution is 2.47. The van der Waals surface area contributed by atoms with Crippen molar-refractivity contribution >= 4 is 46.6 Å². The van der Waals surface area contributed by atoms with Gasteiger partial charge in [0.1, 0.15) is 27.5 Å². The summed E-state index contributed by atoms with van der Waals surface area (Å²) in [6, 6.07) is 28.0. The van der Waals surface area contributed by atoms with Crippen LogP contribution in [-0.4, -0.2) is 27.0 Å². The standard InChI is InChI=1S/C43H54N4O3P2/c1-40(2,3)32-18-14-22-36(44-32)51(48,37-23-15-19-33(45-37)41(4,5)6)30-26-29(50-13)27-31(28-30)52(49,38-24-16-20-34(46-38)42(7,8)9)39-25-17-21-35(47-39)43(10,11)12/h14-28H,1-13H3. The molecule has 9 heteroatoms. The number of benzene rings is 1. The average molecular weight is 737 g/mol. The Morgan fingerprint density at radius 2 is 0.673 bits per heavy atom. The molecule has 0 aliphatic heterocycles. The second kappa shape index (κ2) is 13.8. The molecule has 52 heavy (non-hydrogen) atoms. The quantitative estimate of drug-likeness (QED) is 0.158. The third-order valence-corrected chi connectivity index (χ3v) is 14.7. The summed E-state index contributed by atoms with van der Waals surface area (Å²) in [5.41, 5.74) is 3.59. The highest BCUT2D eigenvalue weighted by molar-refractivity contribution is 7.86. The summed E-state index contributed by atoms with van der Waals surface area (Å²) in [6.45, 7) is 25.0. The lowest BCUT2D eigenvalue weighted by atomic mass is 9.92. The van der Waals surface area contributed by atoms with Crippen molar-refractivity contribution in [2.24, 2.45) is 0 Å². The van der Waals surface area contributed by atoms with E-state index in [4.69, 9.17) is 24.7 Å². The number of hydrogen-bond donors (Lipinski definition) is 0. The van der Waals surface area contributed by atoms with Crippen LogP contribution < -0.4 is 37.1 Å². The van der Waals surface area contributed by atoms with Gasteiger partial charge in [-0.1, -0.05) is 107 Å². The Bertz CT molecular complexity index is 1930. The van der Waals surface area contributed by atoms with Crippen LogP contribution in [0.2, 0.25) is 0 Å². The van der Waals surface area contributed by atoms with Crippen LogP contribution >= 0.6 is 14.3 Å². The first kappa shape index (κ1) is 39.3. The molecule has 0 saturated heterocycles. The van der Waals surface area contributed by atoms with Gasteiger partial charge in [-0.3, -0.25) is 0 Å². The van der Waals surface area contributed by atoms with Crippen molar-refractivity contribution in [1.82, 2.24) is 19.9 Å². The molecule has 0 fully saturated rings. The number of ether oxygens (including phenoxy) is 1. The Labute approximate surface area is 310 Å². The number of methoxy groups -OCH3 is 1. The van der Waals surface area contributed by atoms with E-state index in [1.807, 2.05) is 72.8 Å². The van der Waals surface area contributed by atoms with Crippen LogP contribution in [0.25, 0.3) is 0 Å². The summed E-state index contributed by atoms with van der Waals surface area (Å²) in [5, 5.41) is 0.830. The molecule has 0 aliphatic rings. The fourth-order valence-electron chi connectivity index (χ4n) is 5.88. The Hall–Kier alpha value is -3.92. The predicted octanol–water partition coefficient (Wildman–Crippen LogP) is 7.74. The third kappa shape index (κ3) is 7.73. The van der Waals surface area contributed by atoms with Gasteiger partial charge in [0.05, 0.1) is 7.11 Å². The van der Waals surface area contributed by atoms with Crippen LogP contribution in [-0.2, 0) is 30.8 Å². The maximum absolute atomic E-state index is 16.3. The smallest absolute Gasteiger partial charge is 0.206 e. The highest BCUT2D eigenvalue weighted by atomic mass is 31.2. The summed E-state index contributed by atoms with van der Waals surface area (Å²) in [6.07, 6.45) is 0. The van der Waals surface area contributed by atoms with Crippen LogP contribution in [0.1, 0.15) is 106 Å². The maximum Gasteiger partial charge on any atom is 0.206 e. The van der Waals surface area contributed by atoms with Crippen LogP contribution in [0.15, 0.2) is 91.0 Å². The summed E-state index contributed by atoms with van der Waals surface area (Å²) in [7, 11) is -6.09. The van der Waals surface area contributed by atoms with E-state index in [1.54, 1.807) is 25.3 Å². The lowest BCUT2D eigenvalue weighted by Gasteiger charge is -2.27. The van der Waals surface area contributed by atoms with Crippen LogP contribution in [0.3, 0.4) is 0 Å². The molecule has 274 valence electrons. The number of aromatic nitrogens is 4. The number of pyridine rings is 4. The SMILES string of the molecule is COc1cc(P(=O)(c2cccc(C(C)(C)C)n2)c2cccc(C(C)(C)C)n2)cc(P(=O)(c2cccc(C(C)(C)C)n2)c2cccc(C(C)(C)C)n2)c1. The minimum Gasteiger partial charge on any atom is -0.497 e. The monoisotopic (exact) mass is 736 g/mol. The average Bonchev–Trinajstić information content (AvgIpc) is 3.09. The zero-order valence-electron chi connectivity index (χ0n) is 33.1. The Morgan fingerprint density at radius 1 is 0.423 bits per heavy atom. The van der Waals surface area contributed by atoms with E-state index >= 15 is 9.13 Å². The van der Waals surface area contributed by atoms with E-state index < -0.39 is 14.3 Å². The molecule has 0 aliphatic carbocycles. The summed E-state index contributed by atoms with van der Waals surface area (Å²) >= 11 is 0. The van der Waals surface area contributed by atoms with Gasteiger partial charge >= 0.3 is 0 Å². The van der Waals surface area contributed by atoms with Gasteiger partial charge in [-0.05, 0) is 66.7 Å². The van der Waals surface area contributed by atoms with Crippen LogP contribution in [0, 0.1) is 0 Å². The van der Waals surface area contributed by atoms with Crippen molar-refractivity contribution in [2.75, 3.05) is 7.11 Å². The van der Waals surface area contributed by atoms with Crippen molar-refractivity contribution in [3.05, 3.63) is 114 Å². The molecule has 5 rings (SSSR count). The minimum atomic E-state index is -3.83. The summed E-state index contributed by atoms with van der Waals surface area (Å²) in [5.74, 6) is 0.408. The molecule has 0 spiro atoms. The topological polar surface area (TPSA) is 94.9 Å². The van der Waals surface area contributed by atoms with Crippen molar-refractivity contribution in [3.63, 3.8) is 0 Å². The summed E-state index contributed by atoms with van der Waals surface area (Å²) < 4.78 is 38.5. The first-order valence-electron chi connectivity index (χ1n) is 17.8. The van der Waals surface area contributed by atoms with E-state index in [2.05, 4.69) is 83.1 Å². The Kier molecular flexibility index (Phi) is 10.4. The molecular formula is C43H54N4O3P2. The van der Waals surface area contributed by atoms with Gasteiger partial charge in [-0.15, -0.1) is 0 Å². The molecule has 0 bridgehead atoms. The Balaban J connectivity index is 1.92. The molecule has 4 aromatic heterocycles. The molecule has 4 heterocycles. The largest absolute Gasteiger partial charge is 0.497 e. The number of hydrogen-bond acceptors (Lipinski definition) is 7. The van der Waals surface area contributed by atoms with Gasteiger partial charge in [0.2, 0.25) is 14.3 Å². The van der Waals surface area contributed by atoms with Crippen molar-refractivity contribution in [2.45, 2.75) is 105 Å². The van der Waals surface area contributed by atoms with Crippen molar-refractivity contribution in [3.8, 4) is 5.75 Å². The van der Waals surface area contributed by atoms with E-state index in [0.717, 1.165) is 22.8 Å². The predicted molar refractivity (Wildman–Crippen MR) is 218 cm³/mol. The second-order valence-electron chi connectivity index (χ2n) is 17.6. The molecule has 1 aromatic carbocycles. The molecule has 0 atom stereocenters. The zero-order valence-corrected chi connectivity index (χ0v) is 34.9. The van der Waals surface area contributed by atoms with Crippen LogP contribution in [0.5, 0.6) is 5.75 Å². The fourth-order valence-corrected chi connectivity index (χ4v) is 10.9. The van der Waals surface area contributed by atoms with Crippen LogP contribution in [0.4, 0.5) is 0 Å². The molecule has 0 N–H and O–H groups in total. The van der Waals surface area contributed by atoms with Crippen molar-refractivity contribution < 1.29 is 13.9 Å². The van der Waals surface area contributed by atoms with Gasteiger partial charge in [-0.2, -0.15) is 0 Å². The maximum atomic E-state index is 16.3. The lowest BCUT2D eigenvalue weighted by molar-refractivity contribution is 0.415. The molecule has 7 nitrogen and oxygen atoms in total. The number of rotatable bonds is 7. The highest BCUT2D eigenvalue weighted by Gasteiger charge is 2.40. The molecule has 0 amide bonds. The third-order valence-electron chi connectivity index (χ3n) is 9.14. The summed E-state index contributed by atoms with van der Waals surface area (Å²) in [4.78, 5) is 20.3. The van der Waals surface area contributed by atoms with Gasteiger partial charge < -0.3 is 13.9 Å². The fraction of sp³-hybridized carbons (Fsp3) is 0.395. The zero-order chi connectivity index (χ0) is 38.5. The van der Waals surface area contributed by atoms with E-state index in [1.165, 1.54) is 0 Å². The molecule has 5 aromatic rings. The Morgan fingerprint density at radius 3 is 0.885 bits per heavy atom. The lowest BCUT2D eigenvalue weighted by Crippen LogP contribution is -2.35. The van der Waals surface area contributed by atoms with Gasteiger partial charge in [0.25, 0.3) is 0 Å².